The summed E-state index contributed by atoms with van der Waals surface area (Å²) >= 11 is 0. The fourth-order valence-corrected chi connectivity index (χ4v) is 5.52. The van der Waals surface area contributed by atoms with Crippen LogP contribution in [0.15, 0.2) is 89.8 Å². The monoisotopic (exact) mass is 481 g/mol. The van der Waals surface area contributed by atoms with Crippen molar-refractivity contribution in [3.8, 4) is 0 Å². The van der Waals surface area contributed by atoms with E-state index in [1.807, 2.05) is 36.4 Å². The summed E-state index contributed by atoms with van der Waals surface area (Å²) in [7, 11) is -3.93. The van der Waals surface area contributed by atoms with E-state index < -0.39 is 21.9 Å². The number of sulfonamides is 1. The van der Waals surface area contributed by atoms with Crippen LogP contribution in [-0.4, -0.2) is 56.3 Å². The zero-order chi connectivity index (χ0) is 24.1. The highest BCUT2D eigenvalue weighted by Crippen LogP contribution is 2.29. The van der Waals surface area contributed by atoms with Crippen LogP contribution < -0.4 is 4.72 Å². The molecule has 1 aliphatic rings. The van der Waals surface area contributed by atoms with Crippen LogP contribution in [0, 0.1) is 5.82 Å². The Hall–Kier alpha value is -3.07. The van der Waals surface area contributed by atoms with Gasteiger partial charge in [-0.15, -0.1) is 0 Å². The van der Waals surface area contributed by atoms with Crippen molar-refractivity contribution in [2.75, 3.05) is 26.2 Å². The van der Waals surface area contributed by atoms with Crippen LogP contribution in [0.25, 0.3) is 0 Å². The van der Waals surface area contributed by atoms with Crippen molar-refractivity contribution in [2.45, 2.75) is 23.9 Å². The smallest absolute Gasteiger partial charge is 0.241 e. The van der Waals surface area contributed by atoms with Crippen LogP contribution in [0.4, 0.5) is 4.39 Å². The molecule has 4 rings (SSSR count). The number of carbonyl (C=O) groups is 1. The Morgan fingerprint density at radius 3 is 1.82 bits per heavy atom. The van der Waals surface area contributed by atoms with Gasteiger partial charge in [-0.3, -0.25) is 9.69 Å². The van der Waals surface area contributed by atoms with E-state index in [0.29, 0.717) is 26.2 Å². The molecule has 3 aromatic carbocycles. The standard InChI is InChI=1S/C26H28FN3O3S/c1-20(28-34(32,33)24-14-12-23(27)13-15-24)26(31)30-18-16-29(17-19-30)25(21-8-4-2-5-9-21)22-10-6-3-7-11-22/h2-15,20,25,28H,16-19H2,1H3. The third-order valence-electron chi connectivity index (χ3n) is 6.05. The summed E-state index contributed by atoms with van der Waals surface area (Å²) in [4.78, 5) is 17.0. The third-order valence-corrected chi connectivity index (χ3v) is 7.60. The molecule has 1 unspecified atom stereocenters. The first-order valence-electron chi connectivity index (χ1n) is 11.3. The molecule has 1 heterocycles. The highest BCUT2D eigenvalue weighted by Gasteiger charge is 2.31. The van der Waals surface area contributed by atoms with Gasteiger partial charge in [-0.2, -0.15) is 4.72 Å². The van der Waals surface area contributed by atoms with Gasteiger partial charge in [0, 0.05) is 26.2 Å². The maximum atomic E-state index is 13.1. The molecule has 1 atom stereocenters. The average molecular weight is 482 g/mol. The molecular weight excluding hydrogens is 453 g/mol. The second-order valence-corrected chi connectivity index (χ2v) is 10.1. The second-order valence-electron chi connectivity index (χ2n) is 8.38. The number of nitrogens with one attached hydrogen (secondary N) is 1. The van der Waals surface area contributed by atoms with Gasteiger partial charge in [0.05, 0.1) is 17.0 Å². The number of hydrogen-bond acceptors (Lipinski definition) is 4. The van der Waals surface area contributed by atoms with Gasteiger partial charge in [0.25, 0.3) is 0 Å². The molecule has 0 radical (unpaired) electrons. The number of piperazine rings is 1. The Kier molecular flexibility index (Phi) is 7.41. The van der Waals surface area contributed by atoms with Crippen molar-refractivity contribution in [1.82, 2.24) is 14.5 Å². The summed E-state index contributed by atoms with van der Waals surface area (Å²) in [6, 6.07) is 24.2. The van der Waals surface area contributed by atoms with Crippen molar-refractivity contribution in [1.29, 1.82) is 0 Å². The van der Waals surface area contributed by atoms with Crippen molar-refractivity contribution in [3.05, 3.63) is 102 Å². The maximum absolute atomic E-state index is 13.1. The van der Waals surface area contributed by atoms with Gasteiger partial charge in [-0.1, -0.05) is 60.7 Å². The molecule has 0 spiro atoms. The quantitative estimate of drug-likeness (QED) is 0.562. The lowest BCUT2D eigenvalue weighted by molar-refractivity contribution is -0.134. The molecule has 0 saturated carbocycles. The molecule has 0 aromatic heterocycles. The van der Waals surface area contributed by atoms with Crippen molar-refractivity contribution in [3.63, 3.8) is 0 Å². The van der Waals surface area contributed by atoms with Gasteiger partial charge in [0.1, 0.15) is 5.82 Å². The number of rotatable bonds is 7. The maximum Gasteiger partial charge on any atom is 0.241 e. The number of halogens is 1. The van der Waals surface area contributed by atoms with Crippen molar-refractivity contribution >= 4 is 15.9 Å². The summed E-state index contributed by atoms with van der Waals surface area (Å²) in [5.41, 5.74) is 2.38. The first-order valence-corrected chi connectivity index (χ1v) is 12.7. The molecule has 8 heteroatoms. The highest BCUT2D eigenvalue weighted by atomic mass is 32.2. The fraction of sp³-hybridized carbons (Fsp3) is 0.269. The zero-order valence-electron chi connectivity index (χ0n) is 19.0. The summed E-state index contributed by atoms with van der Waals surface area (Å²) < 4.78 is 40.7. The lowest BCUT2D eigenvalue weighted by Gasteiger charge is -2.40. The molecule has 1 fully saturated rings. The highest BCUT2D eigenvalue weighted by molar-refractivity contribution is 7.89. The first-order chi connectivity index (χ1) is 16.3. The van der Waals surface area contributed by atoms with E-state index in [9.17, 15) is 17.6 Å². The molecule has 3 aromatic rings. The van der Waals surface area contributed by atoms with E-state index in [4.69, 9.17) is 0 Å². The summed E-state index contributed by atoms with van der Waals surface area (Å²) in [5.74, 6) is -0.799. The van der Waals surface area contributed by atoms with E-state index >= 15 is 0 Å². The topological polar surface area (TPSA) is 69.7 Å². The van der Waals surface area contributed by atoms with E-state index in [0.717, 1.165) is 12.1 Å². The number of nitrogens with zero attached hydrogens (tertiary/aromatic N) is 2. The minimum Gasteiger partial charge on any atom is -0.339 e. The average Bonchev–Trinajstić information content (AvgIpc) is 2.85. The van der Waals surface area contributed by atoms with Crippen molar-refractivity contribution in [2.24, 2.45) is 0 Å². The second kappa shape index (κ2) is 10.5. The molecular formula is C26H28FN3O3S. The predicted molar refractivity (Wildman–Crippen MR) is 129 cm³/mol. The van der Waals surface area contributed by atoms with Gasteiger partial charge >= 0.3 is 0 Å². The lowest BCUT2D eigenvalue weighted by atomic mass is 9.96. The molecule has 1 saturated heterocycles. The summed E-state index contributed by atoms with van der Waals surface area (Å²) in [5, 5.41) is 0. The van der Waals surface area contributed by atoms with E-state index in [2.05, 4.69) is 33.9 Å². The molecule has 1 amide bonds. The number of carbonyl (C=O) groups excluding carboxylic acids is 1. The Labute approximate surface area is 200 Å². The Balaban J connectivity index is 1.42. The first kappa shape index (κ1) is 24.1. The van der Waals surface area contributed by atoms with Crippen LogP contribution in [0.2, 0.25) is 0 Å². The molecule has 1 N–H and O–H groups in total. The molecule has 0 aliphatic carbocycles. The molecule has 0 bridgehead atoms. The number of amides is 1. The molecule has 6 nitrogen and oxygen atoms in total. The molecule has 178 valence electrons. The third kappa shape index (κ3) is 5.52. The van der Waals surface area contributed by atoms with Crippen LogP contribution in [0.3, 0.4) is 0 Å². The minimum atomic E-state index is -3.93. The molecule has 34 heavy (non-hydrogen) atoms. The zero-order valence-corrected chi connectivity index (χ0v) is 19.8. The van der Waals surface area contributed by atoms with Gasteiger partial charge in [-0.25, -0.2) is 12.8 Å². The van der Waals surface area contributed by atoms with Gasteiger partial charge in [0.2, 0.25) is 15.9 Å². The summed E-state index contributed by atoms with van der Waals surface area (Å²) in [6.07, 6.45) is 0. The largest absolute Gasteiger partial charge is 0.339 e. The van der Waals surface area contributed by atoms with Crippen LogP contribution in [-0.2, 0) is 14.8 Å². The summed E-state index contributed by atoms with van der Waals surface area (Å²) in [6.45, 7) is 3.86. The van der Waals surface area contributed by atoms with Gasteiger partial charge in [0.15, 0.2) is 0 Å². The van der Waals surface area contributed by atoms with Gasteiger partial charge in [-0.05, 0) is 42.3 Å². The minimum absolute atomic E-state index is 0.0769. The SMILES string of the molecule is CC(NS(=O)(=O)c1ccc(F)cc1)C(=O)N1CCN(C(c2ccccc2)c2ccccc2)CC1. The fourth-order valence-electron chi connectivity index (χ4n) is 4.32. The Morgan fingerprint density at radius 2 is 1.32 bits per heavy atom. The lowest BCUT2D eigenvalue weighted by Crippen LogP contribution is -2.54. The van der Waals surface area contributed by atoms with E-state index in [1.165, 1.54) is 30.2 Å². The number of benzene rings is 3. The normalized spacial score (nSPS) is 15.9. The Morgan fingerprint density at radius 1 is 0.824 bits per heavy atom. The number of hydrogen-bond donors (Lipinski definition) is 1. The van der Waals surface area contributed by atoms with Crippen LogP contribution in [0.1, 0.15) is 24.1 Å². The van der Waals surface area contributed by atoms with E-state index in [-0.39, 0.29) is 16.8 Å². The van der Waals surface area contributed by atoms with Gasteiger partial charge < -0.3 is 4.90 Å². The van der Waals surface area contributed by atoms with E-state index in [1.54, 1.807) is 4.90 Å². The van der Waals surface area contributed by atoms with Crippen molar-refractivity contribution < 1.29 is 17.6 Å². The Bertz CT molecular complexity index is 1160. The predicted octanol–water partition coefficient (Wildman–Crippen LogP) is 3.43. The van der Waals surface area contributed by atoms with Crippen LogP contribution in [0.5, 0.6) is 0 Å². The van der Waals surface area contributed by atoms with Crippen LogP contribution >= 0.6 is 0 Å². The molecule has 1 aliphatic heterocycles.